The van der Waals surface area contributed by atoms with Crippen molar-refractivity contribution in [2.45, 2.75) is 26.4 Å². The number of aromatic nitrogens is 3. The summed E-state index contributed by atoms with van der Waals surface area (Å²) >= 11 is 6.00. The maximum absolute atomic E-state index is 12.7. The molecule has 1 amide bonds. The largest absolute Gasteiger partial charge is 0.372 e. The fraction of sp³-hybridized carbons (Fsp3) is 0.438. The van der Waals surface area contributed by atoms with Gasteiger partial charge in [0.05, 0.1) is 23.6 Å². The first-order valence-electron chi connectivity index (χ1n) is 7.49. The van der Waals surface area contributed by atoms with Crippen molar-refractivity contribution in [2.75, 3.05) is 19.7 Å². The maximum atomic E-state index is 12.7. The summed E-state index contributed by atoms with van der Waals surface area (Å²) in [7, 11) is 0. The predicted molar refractivity (Wildman–Crippen MR) is 87.0 cm³/mol. The van der Waals surface area contributed by atoms with Crippen LogP contribution in [0.3, 0.4) is 0 Å². The van der Waals surface area contributed by atoms with Crippen LogP contribution in [0, 0.1) is 6.92 Å². The van der Waals surface area contributed by atoms with Crippen LogP contribution in [-0.2, 0) is 4.74 Å². The molecule has 0 N–H and O–H groups in total. The summed E-state index contributed by atoms with van der Waals surface area (Å²) in [6.45, 7) is 7.36. The smallest absolute Gasteiger partial charge is 0.276 e. The van der Waals surface area contributed by atoms with Crippen molar-refractivity contribution in [2.24, 2.45) is 0 Å². The molecule has 0 bridgehead atoms. The van der Waals surface area contributed by atoms with E-state index >= 15 is 0 Å². The fourth-order valence-corrected chi connectivity index (χ4v) is 2.82. The van der Waals surface area contributed by atoms with E-state index in [-0.39, 0.29) is 11.5 Å². The van der Waals surface area contributed by atoms with E-state index in [1.165, 1.54) is 4.80 Å². The Hall–Kier alpha value is -1.92. The van der Waals surface area contributed by atoms with Crippen LogP contribution in [0.25, 0.3) is 5.69 Å². The number of carbonyl (C=O) groups excluding carboxylic acids is 1. The monoisotopic (exact) mass is 334 g/mol. The van der Waals surface area contributed by atoms with Gasteiger partial charge in [0.15, 0.2) is 5.69 Å². The number of hydrogen-bond donors (Lipinski definition) is 0. The summed E-state index contributed by atoms with van der Waals surface area (Å²) in [6, 6.07) is 7.20. The molecule has 1 aliphatic rings. The van der Waals surface area contributed by atoms with Crippen LogP contribution in [0.1, 0.15) is 30.0 Å². The molecule has 1 aromatic heterocycles. The Morgan fingerprint density at radius 1 is 1.35 bits per heavy atom. The van der Waals surface area contributed by atoms with Crippen molar-refractivity contribution < 1.29 is 9.53 Å². The highest BCUT2D eigenvalue weighted by molar-refractivity contribution is 6.30. The molecule has 6 nitrogen and oxygen atoms in total. The van der Waals surface area contributed by atoms with Gasteiger partial charge in [-0.1, -0.05) is 17.7 Å². The van der Waals surface area contributed by atoms with E-state index in [4.69, 9.17) is 16.3 Å². The summed E-state index contributed by atoms with van der Waals surface area (Å²) in [5.41, 5.74) is 1.34. The minimum absolute atomic E-state index is 0.118. The lowest BCUT2D eigenvalue weighted by Gasteiger charge is -2.37. The van der Waals surface area contributed by atoms with Crippen molar-refractivity contribution in [3.8, 4) is 5.69 Å². The molecule has 23 heavy (non-hydrogen) atoms. The first kappa shape index (κ1) is 16.0. The van der Waals surface area contributed by atoms with Crippen molar-refractivity contribution in [1.82, 2.24) is 19.9 Å². The average Bonchev–Trinajstić information content (AvgIpc) is 2.87. The summed E-state index contributed by atoms with van der Waals surface area (Å²) in [4.78, 5) is 16.0. The SMILES string of the molecule is Cc1nn(-c2cccc(Cl)c2)nc1C(=O)N1CCOC(C)(C)C1. The second-order valence-corrected chi connectivity index (χ2v) is 6.67. The molecule has 0 atom stereocenters. The molecule has 122 valence electrons. The highest BCUT2D eigenvalue weighted by Gasteiger charge is 2.32. The highest BCUT2D eigenvalue weighted by atomic mass is 35.5. The van der Waals surface area contributed by atoms with Gasteiger partial charge in [-0.25, -0.2) is 0 Å². The minimum atomic E-state index is -0.342. The molecule has 0 aliphatic carbocycles. The van der Waals surface area contributed by atoms with Crippen LogP contribution < -0.4 is 0 Å². The van der Waals surface area contributed by atoms with Gasteiger partial charge >= 0.3 is 0 Å². The summed E-state index contributed by atoms with van der Waals surface area (Å²) in [5, 5.41) is 9.30. The lowest BCUT2D eigenvalue weighted by atomic mass is 10.1. The number of amides is 1. The third kappa shape index (κ3) is 3.38. The minimum Gasteiger partial charge on any atom is -0.372 e. The lowest BCUT2D eigenvalue weighted by molar-refractivity contribution is -0.0765. The molecular formula is C16H19ClN4O2. The van der Waals surface area contributed by atoms with E-state index in [0.717, 1.165) is 5.69 Å². The Bertz CT molecular complexity index is 741. The van der Waals surface area contributed by atoms with Crippen molar-refractivity contribution in [3.63, 3.8) is 0 Å². The van der Waals surface area contributed by atoms with E-state index < -0.39 is 0 Å². The number of benzene rings is 1. The van der Waals surface area contributed by atoms with E-state index in [1.807, 2.05) is 26.0 Å². The molecule has 1 saturated heterocycles. The predicted octanol–water partition coefficient (Wildman–Crippen LogP) is 2.48. The topological polar surface area (TPSA) is 60.2 Å². The lowest BCUT2D eigenvalue weighted by Crippen LogP contribution is -2.50. The molecule has 1 aromatic carbocycles. The Morgan fingerprint density at radius 3 is 2.83 bits per heavy atom. The van der Waals surface area contributed by atoms with Crippen LogP contribution in [0.15, 0.2) is 24.3 Å². The number of ether oxygens (including phenoxy) is 1. The Kier molecular flexibility index (Phi) is 4.12. The molecule has 1 fully saturated rings. The van der Waals surface area contributed by atoms with Gasteiger partial charge in [-0.3, -0.25) is 4.79 Å². The van der Waals surface area contributed by atoms with Gasteiger partial charge in [0, 0.05) is 18.1 Å². The molecule has 0 radical (unpaired) electrons. The van der Waals surface area contributed by atoms with Gasteiger partial charge in [0.2, 0.25) is 0 Å². The highest BCUT2D eigenvalue weighted by Crippen LogP contribution is 2.20. The number of carbonyl (C=O) groups is 1. The Labute approximate surface area is 140 Å². The Morgan fingerprint density at radius 2 is 2.13 bits per heavy atom. The zero-order valence-electron chi connectivity index (χ0n) is 13.4. The standard InChI is InChI=1S/C16H19ClN4O2/c1-11-14(15(22)20-7-8-23-16(2,3)10-20)19-21(18-11)13-6-4-5-12(17)9-13/h4-6,9H,7-8,10H2,1-3H3. The third-order valence-electron chi connectivity index (χ3n) is 3.74. The van der Waals surface area contributed by atoms with Gasteiger partial charge in [-0.2, -0.15) is 9.90 Å². The number of nitrogens with zero attached hydrogens (tertiary/aromatic N) is 4. The maximum Gasteiger partial charge on any atom is 0.276 e. The molecule has 0 spiro atoms. The zero-order chi connectivity index (χ0) is 16.6. The number of aryl methyl sites for hydroxylation is 1. The number of halogens is 1. The van der Waals surface area contributed by atoms with Crippen molar-refractivity contribution in [3.05, 3.63) is 40.7 Å². The third-order valence-corrected chi connectivity index (χ3v) is 3.97. The zero-order valence-corrected chi connectivity index (χ0v) is 14.2. The van der Waals surface area contributed by atoms with E-state index in [9.17, 15) is 4.79 Å². The van der Waals surface area contributed by atoms with Gasteiger partial charge in [-0.05, 0) is 39.0 Å². The van der Waals surface area contributed by atoms with E-state index in [2.05, 4.69) is 10.2 Å². The van der Waals surface area contributed by atoms with E-state index in [0.29, 0.717) is 36.1 Å². The molecule has 0 saturated carbocycles. The number of hydrogen-bond acceptors (Lipinski definition) is 4. The van der Waals surface area contributed by atoms with Crippen molar-refractivity contribution >= 4 is 17.5 Å². The summed E-state index contributed by atoms with van der Waals surface area (Å²) in [5.74, 6) is -0.118. The molecule has 2 heterocycles. The first-order chi connectivity index (χ1) is 10.9. The fourth-order valence-electron chi connectivity index (χ4n) is 2.63. The molecule has 7 heteroatoms. The quantitative estimate of drug-likeness (QED) is 0.846. The number of morpholine rings is 1. The molecule has 1 aliphatic heterocycles. The van der Waals surface area contributed by atoms with Gasteiger partial charge in [0.1, 0.15) is 0 Å². The summed E-state index contributed by atoms with van der Waals surface area (Å²) < 4.78 is 5.65. The van der Waals surface area contributed by atoms with Gasteiger partial charge < -0.3 is 9.64 Å². The average molecular weight is 335 g/mol. The van der Waals surface area contributed by atoms with E-state index in [1.54, 1.807) is 24.0 Å². The first-order valence-corrected chi connectivity index (χ1v) is 7.87. The Balaban J connectivity index is 1.87. The van der Waals surface area contributed by atoms with Crippen LogP contribution in [0.4, 0.5) is 0 Å². The molecular weight excluding hydrogens is 316 g/mol. The molecule has 0 unspecified atom stereocenters. The van der Waals surface area contributed by atoms with Gasteiger partial charge in [-0.15, -0.1) is 5.10 Å². The van der Waals surface area contributed by atoms with Crippen molar-refractivity contribution in [1.29, 1.82) is 0 Å². The van der Waals surface area contributed by atoms with Crippen LogP contribution in [0.5, 0.6) is 0 Å². The van der Waals surface area contributed by atoms with Gasteiger partial charge in [0.25, 0.3) is 5.91 Å². The van der Waals surface area contributed by atoms with Crippen LogP contribution in [0.2, 0.25) is 5.02 Å². The second kappa shape index (κ2) is 5.94. The summed E-state index contributed by atoms with van der Waals surface area (Å²) in [6.07, 6.45) is 0. The van der Waals surface area contributed by atoms with Crippen LogP contribution in [-0.4, -0.2) is 51.1 Å². The second-order valence-electron chi connectivity index (χ2n) is 6.24. The normalized spacial score (nSPS) is 17.3. The molecule has 2 aromatic rings. The molecule has 3 rings (SSSR count). The van der Waals surface area contributed by atoms with Crippen LogP contribution >= 0.6 is 11.6 Å². The number of rotatable bonds is 2.